The van der Waals surface area contributed by atoms with Crippen molar-refractivity contribution in [2.24, 2.45) is 17.8 Å². The Morgan fingerprint density at radius 3 is 2.20 bits per heavy atom. The van der Waals surface area contributed by atoms with Crippen LogP contribution in [0.3, 0.4) is 0 Å². The van der Waals surface area contributed by atoms with Gasteiger partial charge in [-0.2, -0.15) is 0 Å². The summed E-state index contributed by atoms with van der Waals surface area (Å²) < 4.78 is 6.44. The Morgan fingerprint density at radius 1 is 1.05 bits per heavy atom. The zero-order chi connectivity index (χ0) is 14.6. The lowest BCUT2D eigenvalue weighted by Crippen LogP contribution is -2.48. The molecule has 118 valence electrons. The van der Waals surface area contributed by atoms with Gasteiger partial charge in [0.05, 0.1) is 5.60 Å². The molecule has 0 atom stereocenters. The summed E-state index contributed by atoms with van der Waals surface area (Å²) in [4.78, 5) is 0. The molecule has 2 rings (SSSR count). The average Bonchev–Trinajstić information content (AvgIpc) is 3.21. The van der Waals surface area contributed by atoms with E-state index < -0.39 is 0 Å². The number of rotatable bonds is 8. The Labute approximate surface area is 126 Å². The van der Waals surface area contributed by atoms with Crippen LogP contribution in [0.5, 0.6) is 0 Å². The molecular weight excluding hydrogens is 246 g/mol. The summed E-state index contributed by atoms with van der Waals surface area (Å²) in [5, 5.41) is 3.63. The second-order valence-electron chi connectivity index (χ2n) is 7.88. The van der Waals surface area contributed by atoms with Crippen molar-refractivity contribution < 1.29 is 4.74 Å². The molecule has 0 amide bonds. The Bertz CT molecular complexity index is 270. The largest absolute Gasteiger partial charge is 0.374 e. The summed E-state index contributed by atoms with van der Waals surface area (Å²) in [5.74, 6) is 2.73. The first kappa shape index (κ1) is 16.3. The number of hydrogen-bond acceptors (Lipinski definition) is 2. The Kier molecular flexibility index (Phi) is 5.92. The van der Waals surface area contributed by atoms with Crippen LogP contribution in [0.2, 0.25) is 0 Å². The minimum Gasteiger partial charge on any atom is -0.374 e. The van der Waals surface area contributed by atoms with Crippen molar-refractivity contribution in [3.8, 4) is 0 Å². The molecule has 0 radical (unpaired) electrons. The van der Waals surface area contributed by atoms with Crippen LogP contribution in [-0.4, -0.2) is 24.8 Å². The lowest BCUT2D eigenvalue weighted by Gasteiger charge is -2.42. The molecule has 1 N–H and O–H groups in total. The van der Waals surface area contributed by atoms with Crippen molar-refractivity contribution >= 4 is 0 Å². The third-order valence-electron chi connectivity index (χ3n) is 5.35. The minimum atomic E-state index is 0.130. The highest BCUT2D eigenvalue weighted by Gasteiger charge is 2.37. The summed E-state index contributed by atoms with van der Waals surface area (Å²) in [7, 11) is 0. The maximum Gasteiger partial charge on any atom is 0.0806 e. The number of nitrogens with one attached hydrogen (secondary N) is 1. The Balaban J connectivity index is 1.82. The summed E-state index contributed by atoms with van der Waals surface area (Å²) >= 11 is 0. The third-order valence-corrected chi connectivity index (χ3v) is 5.35. The lowest BCUT2D eigenvalue weighted by atomic mass is 9.74. The highest BCUT2D eigenvalue weighted by Crippen LogP contribution is 2.39. The molecule has 0 saturated heterocycles. The zero-order valence-electron chi connectivity index (χ0n) is 14.1. The van der Waals surface area contributed by atoms with Crippen molar-refractivity contribution in [1.82, 2.24) is 5.32 Å². The van der Waals surface area contributed by atoms with Gasteiger partial charge in [-0.05, 0) is 49.9 Å². The first-order valence-corrected chi connectivity index (χ1v) is 8.88. The van der Waals surface area contributed by atoms with Gasteiger partial charge < -0.3 is 10.1 Å². The minimum absolute atomic E-state index is 0.130. The average molecular weight is 281 g/mol. The molecule has 0 aromatic carbocycles. The fourth-order valence-corrected chi connectivity index (χ4v) is 3.44. The number of ether oxygens (including phenoxy) is 1. The molecule has 2 fully saturated rings. The fraction of sp³-hybridized carbons (Fsp3) is 1.00. The summed E-state index contributed by atoms with van der Waals surface area (Å²) in [6.07, 6.45) is 9.37. The van der Waals surface area contributed by atoms with E-state index >= 15 is 0 Å². The van der Waals surface area contributed by atoms with Crippen LogP contribution < -0.4 is 5.32 Å². The normalized spacial score (nSPS) is 31.2. The third kappa shape index (κ3) is 5.04. The molecular formula is C18H35NO. The topological polar surface area (TPSA) is 21.3 Å². The number of hydrogen-bond donors (Lipinski definition) is 1. The van der Waals surface area contributed by atoms with Gasteiger partial charge in [-0.15, -0.1) is 0 Å². The SMILES string of the molecule is CC(C)NCC1(OCCC2CC2)CCC(C(C)C)CC1. The van der Waals surface area contributed by atoms with Gasteiger partial charge in [0.15, 0.2) is 0 Å². The van der Waals surface area contributed by atoms with Crippen molar-refractivity contribution in [1.29, 1.82) is 0 Å². The summed E-state index contributed by atoms with van der Waals surface area (Å²) in [6, 6.07) is 0.557. The maximum atomic E-state index is 6.44. The van der Waals surface area contributed by atoms with Crippen molar-refractivity contribution in [3.63, 3.8) is 0 Å². The highest BCUT2D eigenvalue weighted by atomic mass is 16.5. The van der Waals surface area contributed by atoms with E-state index in [1.165, 1.54) is 44.9 Å². The zero-order valence-corrected chi connectivity index (χ0v) is 14.1. The first-order valence-electron chi connectivity index (χ1n) is 8.88. The second kappa shape index (κ2) is 7.26. The van der Waals surface area contributed by atoms with Crippen LogP contribution >= 0.6 is 0 Å². The van der Waals surface area contributed by atoms with E-state index in [2.05, 4.69) is 33.0 Å². The van der Waals surface area contributed by atoms with Gasteiger partial charge in [0.1, 0.15) is 0 Å². The van der Waals surface area contributed by atoms with E-state index in [-0.39, 0.29) is 5.60 Å². The summed E-state index contributed by atoms with van der Waals surface area (Å²) in [6.45, 7) is 11.2. The molecule has 2 aliphatic rings. The maximum absolute atomic E-state index is 6.44. The van der Waals surface area contributed by atoms with Crippen molar-refractivity contribution in [3.05, 3.63) is 0 Å². The molecule has 0 aliphatic heterocycles. The molecule has 0 unspecified atom stereocenters. The van der Waals surface area contributed by atoms with Crippen LogP contribution in [0.1, 0.15) is 72.6 Å². The van der Waals surface area contributed by atoms with E-state index in [4.69, 9.17) is 4.74 Å². The van der Waals surface area contributed by atoms with Crippen LogP contribution in [0.25, 0.3) is 0 Å². The van der Waals surface area contributed by atoms with E-state index in [1.807, 2.05) is 0 Å². The van der Waals surface area contributed by atoms with Crippen LogP contribution in [-0.2, 0) is 4.74 Å². The van der Waals surface area contributed by atoms with Crippen LogP contribution in [0.15, 0.2) is 0 Å². The molecule has 2 saturated carbocycles. The predicted octanol–water partition coefficient (Wildman–Crippen LogP) is 4.39. The predicted molar refractivity (Wildman–Crippen MR) is 86.0 cm³/mol. The molecule has 2 heteroatoms. The standard InChI is InChI=1S/C18H35NO/c1-14(2)17-7-10-18(11-8-17,13-19-15(3)4)20-12-9-16-5-6-16/h14-17,19H,5-13H2,1-4H3. The van der Waals surface area contributed by atoms with E-state index in [1.54, 1.807) is 0 Å². The molecule has 0 bridgehead atoms. The van der Waals surface area contributed by atoms with Crippen LogP contribution in [0, 0.1) is 17.8 Å². The highest BCUT2D eigenvalue weighted by molar-refractivity contribution is 4.90. The molecule has 0 aromatic heterocycles. The first-order chi connectivity index (χ1) is 9.51. The molecule has 0 heterocycles. The smallest absolute Gasteiger partial charge is 0.0806 e. The van der Waals surface area contributed by atoms with Gasteiger partial charge in [-0.25, -0.2) is 0 Å². The summed E-state index contributed by atoms with van der Waals surface area (Å²) in [5.41, 5.74) is 0.130. The van der Waals surface area contributed by atoms with Crippen molar-refractivity contribution in [2.45, 2.75) is 84.3 Å². The molecule has 2 aliphatic carbocycles. The molecule has 2 nitrogen and oxygen atoms in total. The Morgan fingerprint density at radius 2 is 1.70 bits per heavy atom. The molecule has 0 aromatic rings. The monoisotopic (exact) mass is 281 g/mol. The van der Waals surface area contributed by atoms with Gasteiger partial charge in [0.25, 0.3) is 0 Å². The van der Waals surface area contributed by atoms with E-state index in [9.17, 15) is 0 Å². The van der Waals surface area contributed by atoms with Gasteiger partial charge in [-0.3, -0.25) is 0 Å². The molecule has 0 spiro atoms. The molecule has 20 heavy (non-hydrogen) atoms. The van der Waals surface area contributed by atoms with Gasteiger partial charge in [0, 0.05) is 19.2 Å². The van der Waals surface area contributed by atoms with Gasteiger partial charge in [0.2, 0.25) is 0 Å². The van der Waals surface area contributed by atoms with E-state index in [0.29, 0.717) is 6.04 Å². The Hall–Kier alpha value is -0.0800. The van der Waals surface area contributed by atoms with Crippen molar-refractivity contribution in [2.75, 3.05) is 13.2 Å². The fourth-order valence-electron chi connectivity index (χ4n) is 3.44. The quantitative estimate of drug-likeness (QED) is 0.712. The van der Waals surface area contributed by atoms with E-state index in [0.717, 1.165) is 30.9 Å². The second-order valence-corrected chi connectivity index (χ2v) is 7.88. The lowest BCUT2D eigenvalue weighted by molar-refractivity contribution is -0.0820. The van der Waals surface area contributed by atoms with Gasteiger partial charge >= 0.3 is 0 Å². The van der Waals surface area contributed by atoms with Gasteiger partial charge in [-0.1, -0.05) is 40.5 Å². The van der Waals surface area contributed by atoms with Crippen LogP contribution in [0.4, 0.5) is 0 Å².